The molecule has 2 nitrogen and oxygen atoms in total. The van der Waals surface area contributed by atoms with Crippen molar-refractivity contribution in [1.29, 1.82) is 0 Å². The molecule has 0 saturated heterocycles. The number of hydrogen-bond acceptors (Lipinski definition) is 1. The summed E-state index contributed by atoms with van der Waals surface area (Å²) in [5, 5.41) is 4.56. The summed E-state index contributed by atoms with van der Waals surface area (Å²) in [5.74, 6) is 0.0751. The van der Waals surface area contributed by atoms with Gasteiger partial charge in [0.25, 0.3) is 5.91 Å². The third kappa shape index (κ3) is 1.92. The van der Waals surface area contributed by atoms with Crippen LogP contribution in [0.2, 0.25) is 0 Å². The predicted molar refractivity (Wildman–Crippen MR) is 125 cm³/mol. The van der Waals surface area contributed by atoms with E-state index in [1.807, 2.05) is 17.0 Å². The van der Waals surface area contributed by atoms with E-state index in [4.69, 9.17) is 0 Å². The maximum absolute atomic E-state index is 13.6. The summed E-state index contributed by atoms with van der Waals surface area (Å²) in [6.45, 7) is 0.0976. The highest BCUT2D eigenvalue weighted by Crippen LogP contribution is 2.43. The van der Waals surface area contributed by atoms with Gasteiger partial charge in [-0.05, 0) is 39.2 Å². The Morgan fingerprint density at radius 3 is 2.20 bits per heavy atom. The maximum atomic E-state index is 13.6. The zero-order valence-electron chi connectivity index (χ0n) is 16.2. The quantitative estimate of drug-likeness (QED) is 0.400. The number of rotatable bonds is 1. The van der Waals surface area contributed by atoms with Crippen LogP contribution in [-0.4, -0.2) is 12.6 Å². The Bertz CT molecular complexity index is 1520. The van der Waals surface area contributed by atoms with Crippen LogP contribution in [0.1, 0.15) is 10.4 Å². The summed E-state index contributed by atoms with van der Waals surface area (Å²) >= 11 is 0. The van der Waals surface area contributed by atoms with E-state index in [0.717, 1.165) is 33.1 Å². The van der Waals surface area contributed by atoms with Gasteiger partial charge in [-0.3, -0.25) is 9.69 Å². The van der Waals surface area contributed by atoms with E-state index in [1.165, 1.54) is 21.8 Å². The number of carbonyl (C=O) groups is 1. The average Bonchev–Trinajstić information content (AvgIpc) is 3.10. The topological polar surface area (TPSA) is 20.3 Å². The standard InChI is InChI=1S/C27H16BNO/c30-27-21-12-6-9-17-13-14-22-26(25(17)21)29(27)24-16-19-8-5-4-7-18(19)15-23(24)28(22)20-10-2-1-3-11-20/h1-16H. The van der Waals surface area contributed by atoms with Gasteiger partial charge < -0.3 is 0 Å². The number of hydrogen-bond donors (Lipinski definition) is 0. The molecule has 0 aliphatic carbocycles. The molecule has 0 unspecified atom stereocenters. The fraction of sp³-hybridized carbons (Fsp3) is 0. The van der Waals surface area contributed by atoms with E-state index in [-0.39, 0.29) is 12.6 Å². The van der Waals surface area contributed by atoms with E-state index in [1.54, 1.807) is 0 Å². The Labute approximate surface area is 174 Å². The van der Waals surface area contributed by atoms with Gasteiger partial charge in [0.1, 0.15) is 0 Å². The van der Waals surface area contributed by atoms with Gasteiger partial charge in [0, 0.05) is 11.1 Å². The molecule has 0 fully saturated rings. The van der Waals surface area contributed by atoms with Crippen LogP contribution in [0.3, 0.4) is 0 Å². The lowest BCUT2D eigenvalue weighted by molar-refractivity contribution is 0.100. The fourth-order valence-electron chi connectivity index (χ4n) is 5.32. The van der Waals surface area contributed by atoms with Gasteiger partial charge in [-0.15, -0.1) is 0 Å². The summed E-state index contributed by atoms with van der Waals surface area (Å²) in [6, 6.07) is 33.9. The Balaban J connectivity index is 1.65. The molecule has 5 aromatic rings. The van der Waals surface area contributed by atoms with Gasteiger partial charge in [0.15, 0.2) is 0 Å². The molecule has 2 aliphatic rings. The highest BCUT2D eigenvalue weighted by Gasteiger charge is 2.42. The normalized spacial score (nSPS) is 13.9. The summed E-state index contributed by atoms with van der Waals surface area (Å²) < 4.78 is 0. The third-order valence-corrected chi connectivity index (χ3v) is 6.60. The highest BCUT2D eigenvalue weighted by atomic mass is 16.2. The fourth-order valence-corrected chi connectivity index (χ4v) is 5.32. The number of carbonyl (C=O) groups excluding carboxylic acids is 1. The SMILES string of the molecule is O=C1c2cccc3ccc4c(c23)N1c1cc2ccccc2cc1B4c1ccccc1. The van der Waals surface area contributed by atoms with Crippen molar-refractivity contribution in [2.24, 2.45) is 0 Å². The van der Waals surface area contributed by atoms with Crippen LogP contribution in [0.15, 0.2) is 97.1 Å². The van der Waals surface area contributed by atoms with Crippen LogP contribution in [0.5, 0.6) is 0 Å². The first kappa shape index (κ1) is 16.0. The third-order valence-electron chi connectivity index (χ3n) is 6.60. The van der Waals surface area contributed by atoms with Gasteiger partial charge in [0.2, 0.25) is 6.71 Å². The average molecular weight is 381 g/mol. The molecule has 7 rings (SSSR count). The molecular weight excluding hydrogens is 365 g/mol. The zero-order valence-corrected chi connectivity index (χ0v) is 16.2. The lowest BCUT2D eigenvalue weighted by Crippen LogP contribution is -2.57. The second-order valence-electron chi connectivity index (χ2n) is 8.15. The Kier molecular flexibility index (Phi) is 2.99. The van der Waals surface area contributed by atoms with Crippen LogP contribution < -0.4 is 21.3 Å². The molecule has 0 N–H and O–H groups in total. The number of nitrogens with zero attached hydrogens (tertiary/aromatic N) is 1. The first-order valence-electron chi connectivity index (χ1n) is 10.3. The van der Waals surface area contributed by atoms with Crippen LogP contribution in [0, 0.1) is 0 Å². The largest absolute Gasteiger partial charge is 0.277 e. The van der Waals surface area contributed by atoms with Crippen molar-refractivity contribution < 1.29 is 4.79 Å². The summed E-state index contributed by atoms with van der Waals surface area (Å²) in [7, 11) is 0. The molecule has 30 heavy (non-hydrogen) atoms. The van der Waals surface area contributed by atoms with Crippen molar-refractivity contribution in [1.82, 2.24) is 0 Å². The molecule has 0 atom stereocenters. The molecule has 1 amide bonds. The lowest BCUT2D eigenvalue weighted by Gasteiger charge is -2.33. The number of anilines is 2. The Morgan fingerprint density at radius 2 is 1.37 bits per heavy atom. The molecule has 0 spiro atoms. The predicted octanol–water partition coefficient (Wildman–Crippen LogP) is 4.11. The summed E-state index contributed by atoms with van der Waals surface area (Å²) in [6.07, 6.45) is 0. The van der Waals surface area contributed by atoms with Crippen LogP contribution >= 0.6 is 0 Å². The minimum Gasteiger partial charge on any atom is -0.277 e. The molecule has 5 aromatic carbocycles. The van der Waals surface area contributed by atoms with Gasteiger partial charge in [-0.2, -0.15) is 0 Å². The van der Waals surface area contributed by atoms with Crippen molar-refractivity contribution in [2.45, 2.75) is 0 Å². The monoisotopic (exact) mass is 381 g/mol. The molecule has 2 aliphatic heterocycles. The van der Waals surface area contributed by atoms with Gasteiger partial charge in [0.05, 0.1) is 11.3 Å². The van der Waals surface area contributed by atoms with Crippen molar-refractivity contribution in [2.75, 3.05) is 4.90 Å². The first-order chi connectivity index (χ1) is 14.8. The number of amides is 1. The first-order valence-corrected chi connectivity index (χ1v) is 10.3. The van der Waals surface area contributed by atoms with Crippen LogP contribution in [0.4, 0.5) is 11.4 Å². The van der Waals surface area contributed by atoms with Gasteiger partial charge in [-0.1, -0.05) is 90.4 Å². The lowest BCUT2D eigenvalue weighted by atomic mass is 9.35. The van der Waals surface area contributed by atoms with E-state index in [0.29, 0.717) is 0 Å². The van der Waals surface area contributed by atoms with Crippen molar-refractivity contribution in [3.8, 4) is 0 Å². The van der Waals surface area contributed by atoms with Gasteiger partial charge >= 0.3 is 0 Å². The number of benzene rings is 5. The zero-order chi connectivity index (χ0) is 19.8. The molecule has 2 heterocycles. The van der Waals surface area contributed by atoms with Crippen molar-refractivity contribution >= 4 is 61.9 Å². The van der Waals surface area contributed by atoms with Gasteiger partial charge in [-0.25, -0.2) is 0 Å². The Morgan fingerprint density at radius 1 is 0.633 bits per heavy atom. The molecule has 0 aromatic heterocycles. The van der Waals surface area contributed by atoms with E-state index in [9.17, 15) is 4.79 Å². The molecular formula is C27H16BNO. The van der Waals surface area contributed by atoms with E-state index >= 15 is 0 Å². The minimum absolute atomic E-state index is 0.0751. The highest BCUT2D eigenvalue weighted by molar-refractivity contribution is 6.98. The van der Waals surface area contributed by atoms with E-state index in [2.05, 4.69) is 84.9 Å². The minimum atomic E-state index is 0.0751. The second-order valence-corrected chi connectivity index (χ2v) is 8.15. The van der Waals surface area contributed by atoms with Crippen LogP contribution in [0.25, 0.3) is 21.5 Å². The van der Waals surface area contributed by atoms with Crippen molar-refractivity contribution in [3.63, 3.8) is 0 Å². The number of fused-ring (bicyclic) bond motifs is 3. The summed E-state index contributed by atoms with van der Waals surface area (Å²) in [5.41, 5.74) is 6.51. The molecule has 0 saturated carbocycles. The van der Waals surface area contributed by atoms with Crippen LogP contribution in [-0.2, 0) is 0 Å². The molecule has 138 valence electrons. The summed E-state index contributed by atoms with van der Waals surface area (Å²) in [4.78, 5) is 15.5. The molecule has 0 radical (unpaired) electrons. The van der Waals surface area contributed by atoms with Crippen molar-refractivity contribution in [3.05, 3.63) is 103 Å². The van der Waals surface area contributed by atoms with E-state index < -0.39 is 0 Å². The Hall–Kier alpha value is -3.85. The second kappa shape index (κ2) is 5.61. The smallest absolute Gasteiger partial charge is 0.263 e. The molecule has 0 bridgehead atoms. The molecule has 3 heteroatoms. The maximum Gasteiger partial charge on any atom is 0.263 e.